The number of hydrogen-bond donors (Lipinski definition) is 0. The van der Waals surface area contributed by atoms with Gasteiger partial charge in [0, 0.05) is 19.4 Å². The van der Waals surface area contributed by atoms with E-state index in [0.29, 0.717) is 31.3 Å². The zero-order chi connectivity index (χ0) is 19.5. The van der Waals surface area contributed by atoms with Crippen LogP contribution in [0, 0.1) is 5.92 Å². The lowest BCUT2D eigenvalue weighted by Gasteiger charge is -2.02. The molecule has 24 heavy (non-hydrogen) atoms. The Bertz CT molecular complexity index is 361. The molecule has 0 atom stereocenters. The minimum absolute atomic E-state index is 0.196. The molecule has 0 saturated heterocycles. The van der Waals surface area contributed by atoms with Gasteiger partial charge in [-0.25, -0.2) is 4.79 Å². The maximum absolute atomic E-state index is 10.7. The number of ether oxygens (including phenoxy) is 3. The van der Waals surface area contributed by atoms with Gasteiger partial charge in [0.1, 0.15) is 0 Å². The summed E-state index contributed by atoms with van der Waals surface area (Å²) >= 11 is 0. The average Bonchev–Trinajstić information content (AvgIpc) is 2.46. The zero-order valence-corrected chi connectivity index (χ0v) is 16.3. The summed E-state index contributed by atoms with van der Waals surface area (Å²) in [5, 5.41) is 0. The second-order valence-corrected chi connectivity index (χ2v) is 5.39. The Hall–Kier alpha value is -1.85. The summed E-state index contributed by atoms with van der Waals surface area (Å²) in [6.45, 7) is 17.3. The summed E-state index contributed by atoms with van der Waals surface area (Å²) in [6, 6.07) is 0. The molecule has 0 spiro atoms. The number of carbonyl (C=O) groups excluding carboxylic acids is 3. The molecular weight excluding hydrogens is 312 g/mol. The van der Waals surface area contributed by atoms with E-state index in [-0.39, 0.29) is 17.9 Å². The minimum atomic E-state index is -0.284. The van der Waals surface area contributed by atoms with Gasteiger partial charge in [0.05, 0.1) is 19.8 Å². The molecule has 6 nitrogen and oxygen atoms in total. The van der Waals surface area contributed by atoms with E-state index in [4.69, 9.17) is 4.74 Å². The maximum atomic E-state index is 10.7. The van der Waals surface area contributed by atoms with Crippen molar-refractivity contribution in [2.24, 2.45) is 5.92 Å². The van der Waals surface area contributed by atoms with Gasteiger partial charge in [-0.1, -0.05) is 33.8 Å². The van der Waals surface area contributed by atoms with Crippen molar-refractivity contribution in [3.8, 4) is 0 Å². The quantitative estimate of drug-likeness (QED) is 0.303. The molecule has 0 radical (unpaired) electrons. The van der Waals surface area contributed by atoms with Crippen LogP contribution >= 0.6 is 0 Å². The first-order chi connectivity index (χ1) is 11.1. The van der Waals surface area contributed by atoms with Crippen molar-refractivity contribution in [3.05, 3.63) is 12.2 Å². The normalized spacial score (nSPS) is 8.83. The predicted octanol–water partition coefficient (Wildman–Crippen LogP) is 3.68. The van der Waals surface area contributed by atoms with Crippen LogP contribution in [0.5, 0.6) is 0 Å². The van der Waals surface area contributed by atoms with Gasteiger partial charge < -0.3 is 14.2 Å². The molecule has 6 heteroatoms. The lowest BCUT2D eigenvalue weighted by Crippen LogP contribution is -2.05. The first-order valence-electron chi connectivity index (χ1n) is 8.17. The van der Waals surface area contributed by atoms with Gasteiger partial charge in [0.25, 0.3) is 0 Å². The van der Waals surface area contributed by atoms with Crippen molar-refractivity contribution < 1.29 is 28.6 Å². The molecule has 0 N–H and O–H groups in total. The van der Waals surface area contributed by atoms with Crippen LogP contribution < -0.4 is 0 Å². The molecule has 0 heterocycles. The Balaban J connectivity index is -0.000000285. The Labute approximate surface area is 146 Å². The summed E-state index contributed by atoms with van der Waals surface area (Å²) in [5.74, 6) is -0.247. The summed E-state index contributed by atoms with van der Waals surface area (Å²) in [5.41, 5.74) is 0.469. The summed E-state index contributed by atoms with van der Waals surface area (Å²) in [7, 11) is 0. The fourth-order valence-corrected chi connectivity index (χ4v) is 0.920. The molecule has 0 unspecified atom stereocenters. The van der Waals surface area contributed by atoms with Crippen LogP contribution in [-0.4, -0.2) is 37.7 Å². The van der Waals surface area contributed by atoms with E-state index in [1.807, 2.05) is 13.8 Å². The standard InChI is InChI=1S/C8H14O2.C6H12O2.C4H8O2/c1-4-5-6-10-8(9)7(2)3;1-5(2)4-8-6(3)7;1-3-6-4(2)5/h2,4-6H2,1,3H3;5H,4H2,1-3H3;3H2,1-2H3. The highest BCUT2D eigenvalue weighted by atomic mass is 16.5. The third-order valence-corrected chi connectivity index (χ3v) is 2.05. The molecule has 0 rings (SSSR count). The topological polar surface area (TPSA) is 78.9 Å². The van der Waals surface area contributed by atoms with Gasteiger partial charge in [-0.15, -0.1) is 0 Å². The number of unbranched alkanes of at least 4 members (excludes halogenated alkanes) is 1. The largest absolute Gasteiger partial charge is 0.466 e. The third-order valence-electron chi connectivity index (χ3n) is 2.05. The van der Waals surface area contributed by atoms with E-state index in [0.717, 1.165) is 12.8 Å². The van der Waals surface area contributed by atoms with Crippen LogP contribution in [-0.2, 0) is 28.6 Å². The monoisotopic (exact) mass is 346 g/mol. The summed E-state index contributed by atoms with van der Waals surface area (Å²) in [6.07, 6.45) is 1.97. The van der Waals surface area contributed by atoms with Crippen molar-refractivity contribution >= 4 is 17.9 Å². The van der Waals surface area contributed by atoms with E-state index >= 15 is 0 Å². The summed E-state index contributed by atoms with van der Waals surface area (Å²) in [4.78, 5) is 30.6. The van der Waals surface area contributed by atoms with Crippen LogP contribution in [0.4, 0.5) is 0 Å². The van der Waals surface area contributed by atoms with Crippen molar-refractivity contribution in [1.82, 2.24) is 0 Å². The lowest BCUT2D eigenvalue weighted by atomic mass is 10.2. The number of hydrogen-bond acceptors (Lipinski definition) is 6. The maximum Gasteiger partial charge on any atom is 0.333 e. The fraction of sp³-hybridized carbons (Fsp3) is 0.722. The first-order valence-corrected chi connectivity index (χ1v) is 8.17. The molecule has 0 aromatic carbocycles. The van der Waals surface area contributed by atoms with Crippen LogP contribution in [0.15, 0.2) is 12.2 Å². The van der Waals surface area contributed by atoms with Crippen molar-refractivity contribution in [3.63, 3.8) is 0 Å². The number of carbonyl (C=O) groups is 3. The van der Waals surface area contributed by atoms with Gasteiger partial charge in [-0.2, -0.15) is 0 Å². The van der Waals surface area contributed by atoms with Gasteiger partial charge in [0.2, 0.25) is 0 Å². The van der Waals surface area contributed by atoms with Crippen molar-refractivity contribution in [1.29, 1.82) is 0 Å². The molecule has 0 fully saturated rings. The van der Waals surface area contributed by atoms with Crippen LogP contribution in [0.3, 0.4) is 0 Å². The molecule has 0 aromatic rings. The van der Waals surface area contributed by atoms with E-state index in [1.54, 1.807) is 13.8 Å². The molecule has 0 aromatic heterocycles. The summed E-state index contributed by atoms with van der Waals surface area (Å²) < 4.78 is 13.9. The Morgan fingerprint density at radius 3 is 1.62 bits per heavy atom. The van der Waals surface area contributed by atoms with Crippen molar-refractivity contribution in [2.75, 3.05) is 19.8 Å². The third kappa shape index (κ3) is 32.2. The Morgan fingerprint density at radius 1 is 0.917 bits per heavy atom. The highest BCUT2D eigenvalue weighted by Crippen LogP contribution is 1.94. The van der Waals surface area contributed by atoms with Gasteiger partial charge in [-0.3, -0.25) is 9.59 Å². The predicted molar refractivity (Wildman–Crippen MR) is 94.5 cm³/mol. The van der Waals surface area contributed by atoms with E-state index in [9.17, 15) is 14.4 Å². The molecule has 0 saturated carbocycles. The molecule has 142 valence electrons. The average molecular weight is 346 g/mol. The van der Waals surface area contributed by atoms with Gasteiger partial charge >= 0.3 is 17.9 Å². The second-order valence-electron chi connectivity index (χ2n) is 5.39. The smallest absolute Gasteiger partial charge is 0.333 e. The fourth-order valence-electron chi connectivity index (χ4n) is 0.920. The van der Waals surface area contributed by atoms with Crippen LogP contribution in [0.25, 0.3) is 0 Å². The van der Waals surface area contributed by atoms with E-state index < -0.39 is 0 Å². The van der Waals surface area contributed by atoms with E-state index in [2.05, 4.69) is 23.0 Å². The van der Waals surface area contributed by atoms with E-state index in [1.165, 1.54) is 13.8 Å². The molecular formula is C18H34O6. The Morgan fingerprint density at radius 2 is 1.42 bits per heavy atom. The highest BCUT2D eigenvalue weighted by molar-refractivity contribution is 5.86. The number of esters is 3. The highest BCUT2D eigenvalue weighted by Gasteiger charge is 2.00. The number of rotatable bonds is 7. The SMILES string of the molecule is C=C(C)C(=O)OCCCC.CC(=O)OCC(C)C.CCOC(C)=O. The zero-order valence-electron chi connectivity index (χ0n) is 16.3. The van der Waals surface area contributed by atoms with Crippen LogP contribution in [0.1, 0.15) is 61.3 Å². The van der Waals surface area contributed by atoms with Gasteiger partial charge in [0.15, 0.2) is 0 Å². The van der Waals surface area contributed by atoms with Crippen molar-refractivity contribution in [2.45, 2.75) is 61.3 Å². The van der Waals surface area contributed by atoms with Crippen LogP contribution in [0.2, 0.25) is 0 Å². The minimum Gasteiger partial charge on any atom is -0.466 e. The lowest BCUT2D eigenvalue weighted by molar-refractivity contribution is -0.142. The molecule has 0 bridgehead atoms. The second kappa shape index (κ2) is 19.2. The van der Waals surface area contributed by atoms with Gasteiger partial charge in [-0.05, 0) is 26.2 Å². The molecule has 0 aliphatic carbocycles. The molecule has 0 amide bonds. The molecule has 0 aliphatic heterocycles. The molecule has 0 aliphatic rings. The Kier molecular flexibility index (Phi) is 21.6. The first kappa shape index (κ1) is 27.0.